The molecule has 0 bridgehead atoms. The van der Waals surface area contributed by atoms with Crippen LogP contribution in [0.4, 0.5) is 11.4 Å². The predicted octanol–water partition coefficient (Wildman–Crippen LogP) is 4.84. The van der Waals surface area contributed by atoms with Crippen molar-refractivity contribution in [3.8, 4) is 6.07 Å². The lowest BCUT2D eigenvalue weighted by molar-refractivity contribution is -0.117. The molecule has 32 heavy (non-hydrogen) atoms. The highest BCUT2D eigenvalue weighted by Crippen LogP contribution is 2.37. The third kappa shape index (κ3) is 4.75. The van der Waals surface area contributed by atoms with Gasteiger partial charge in [0.1, 0.15) is 10.9 Å². The number of amides is 1. The number of thiophene rings is 1. The number of pyridine rings is 1. The number of anilines is 2. The van der Waals surface area contributed by atoms with Crippen molar-refractivity contribution < 1.29 is 9.21 Å². The highest BCUT2D eigenvalue weighted by Gasteiger charge is 2.20. The van der Waals surface area contributed by atoms with Gasteiger partial charge >= 0.3 is 0 Å². The number of aromatic nitrogens is 1. The van der Waals surface area contributed by atoms with Gasteiger partial charge in [0.25, 0.3) is 0 Å². The lowest BCUT2D eigenvalue weighted by Gasteiger charge is -2.12. The van der Waals surface area contributed by atoms with Gasteiger partial charge in [0, 0.05) is 23.1 Å². The topological polar surface area (TPSA) is 117 Å². The van der Waals surface area contributed by atoms with Crippen molar-refractivity contribution >= 4 is 50.4 Å². The van der Waals surface area contributed by atoms with E-state index in [4.69, 9.17) is 27.0 Å². The molecule has 1 atom stereocenters. The van der Waals surface area contributed by atoms with Crippen LogP contribution in [0.3, 0.4) is 0 Å². The van der Waals surface area contributed by atoms with Crippen molar-refractivity contribution in [3.63, 3.8) is 0 Å². The van der Waals surface area contributed by atoms with Crippen LogP contribution in [0.15, 0.2) is 53.1 Å². The van der Waals surface area contributed by atoms with E-state index in [1.807, 2.05) is 25.1 Å². The molecule has 0 radical (unpaired) electrons. The van der Waals surface area contributed by atoms with Gasteiger partial charge in [-0.15, -0.1) is 11.3 Å². The number of nitrogens with two attached hydrogens (primary N) is 1. The number of benzene rings is 1. The molecule has 3 aromatic heterocycles. The maximum absolute atomic E-state index is 12.6. The molecule has 0 fully saturated rings. The molecule has 0 spiro atoms. The van der Waals surface area contributed by atoms with E-state index >= 15 is 0 Å². The number of furan rings is 1. The molecule has 0 saturated carbocycles. The number of nitrogens with one attached hydrogen (secondary N) is 2. The molecule has 1 amide bonds. The molecular formula is C23H20ClN5O2S. The molecule has 0 aliphatic heterocycles. The Morgan fingerprint density at radius 3 is 2.81 bits per heavy atom. The van der Waals surface area contributed by atoms with Crippen molar-refractivity contribution in [3.05, 3.63) is 75.6 Å². The van der Waals surface area contributed by atoms with Gasteiger partial charge in [-0.3, -0.25) is 4.79 Å². The first kappa shape index (κ1) is 21.8. The second kappa shape index (κ2) is 9.40. The monoisotopic (exact) mass is 465 g/mol. The van der Waals surface area contributed by atoms with Crippen molar-refractivity contribution in [1.82, 2.24) is 4.98 Å². The number of carbonyl (C=O) groups is 1. The average molecular weight is 466 g/mol. The van der Waals surface area contributed by atoms with Gasteiger partial charge in [0.2, 0.25) is 5.91 Å². The second-order valence-electron chi connectivity index (χ2n) is 7.24. The Labute approximate surface area is 193 Å². The number of hydrogen-bond donors (Lipinski definition) is 3. The largest absolute Gasteiger partial charge is 0.467 e. The number of nitrogens with zero attached hydrogens (tertiary/aromatic N) is 2. The summed E-state index contributed by atoms with van der Waals surface area (Å²) >= 11 is 7.80. The number of halogens is 1. The van der Waals surface area contributed by atoms with Crippen LogP contribution in [-0.4, -0.2) is 16.9 Å². The van der Waals surface area contributed by atoms with Gasteiger partial charge in [-0.05, 0) is 48.9 Å². The minimum absolute atomic E-state index is 0.297. The molecule has 1 aromatic carbocycles. The highest BCUT2D eigenvalue weighted by molar-refractivity contribution is 7.19. The molecule has 4 rings (SSSR count). The van der Waals surface area contributed by atoms with E-state index in [1.54, 1.807) is 47.9 Å². The zero-order valence-electron chi connectivity index (χ0n) is 17.2. The van der Waals surface area contributed by atoms with Crippen LogP contribution >= 0.6 is 22.9 Å². The minimum Gasteiger partial charge on any atom is -0.467 e. The molecule has 0 unspecified atom stereocenters. The predicted molar refractivity (Wildman–Crippen MR) is 127 cm³/mol. The van der Waals surface area contributed by atoms with Crippen LogP contribution in [0.1, 0.15) is 21.8 Å². The Morgan fingerprint density at radius 1 is 1.34 bits per heavy atom. The van der Waals surface area contributed by atoms with Gasteiger partial charge in [0.15, 0.2) is 0 Å². The van der Waals surface area contributed by atoms with Crippen LogP contribution < -0.4 is 16.4 Å². The number of carbonyl (C=O) groups excluding carboxylic acids is 1. The maximum Gasteiger partial charge on any atom is 0.241 e. The zero-order chi connectivity index (χ0) is 22.7. The summed E-state index contributed by atoms with van der Waals surface area (Å²) in [5, 5.41) is 15.4. The van der Waals surface area contributed by atoms with Crippen LogP contribution in [-0.2, 0) is 17.8 Å². The summed E-state index contributed by atoms with van der Waals surface area (Å²) in [6.45, 7) is 2.47. The van der Waals surface area contributed by atoms with Gasteiger partial charge in [-0.1, -0.05) is 11.6 Å². The van der Waals surface area contributed by atoms with Gasteiger partial charge in [0.05, 0.1) is 46.4 Å². The summed E-state index contributed by atoms with van der Waals surface area (Å²) in [5.74, 6) is 0.509. The van der Waals surface area contributed by atoms with Gasteiger partial charge in [-0.2, -0.15) is 5.26 Å². The summed E-state index contributed by atoms with van der Waals surface area (Å²) < 4.78 is 6.33. The number of aryl methyl sites for hydroxylation is 1. The summed E-state index contributed by atoms with van der Waals surface area (Å²) in [4.78, 5) is 18.0. The average Bonchev–Trinajstić information content (AvgIpc) is 3.41. The third-order valence-electron chi connectivity index (χ3n) is 5.00. The van der Waals surface area contributed by atoms with E-state index in [9.17, 15) is 4.79 Å². The van der Waals surface area contributed by atoms with E-state index in [0.717, 1.165) is 32.1 Å². The van der Waals surface area contributed by atoms with Crippen LogP contribution in [0, 0.1) is 18.3 Å². The first-order valence-electron chi connectivity index (χ1n) is 9.86. The maximum atomic E-state index is 12.6. The Balaban J connectivity index is 1.51. The zero-order valence-corrected chi connectivity index (χ0v) is 18.8. The van der Waals surface area contributed by atoms with Gasteiger partial charge < -0.3 is 20.8 Å². The fourth-order valence-corrected chi connectivity index (χ4v) is 4.76. The van der Waals surface area contributed by atoms with E-state index in [1.165, 1.54) is 0 Å². The summed E-state index contributed by atoms with van der Waals surface area (Å²) in [7, 11) is 0. The fraction of sp³-hybridized carbons (Fsp3) is 0.174. The Hall–Kier alpha value is -3.38. The van der Waals surface area contributed by atoms with E-state index in [-0.39, 0.29) is 5.91 Å². The molecule has 162 valence electrons. The molecule has 4 N–H and O–H groups in total. The molecular weight excluding hydrogens is 446 g/mol. The fourth-order valence-electron chi connectivity index (χ4n) is 3.27. The summed E-state index contributed by atoms with van der Waals surface area (Å²) in [6, 6.07) is 13.5. The molecule has 0 saturated heterocycles. The number of fused-ring (bicyclic) bond motifs is 1. The van der Waals surface area contributed by atoms with Crippen molar-refractivity contribution in [2.45, 2.75) is 25.9 Å². The molecule has 0 aliphatic rings. The van der Waals surface area contributed by atoms with Crippen molar-refractivity contribution in [1.29, 1.82) is 5.26 Å². The first-order valence-corrected chi connectivity index (χ1v) is 11.1. The summed E-state index contributed by atoms with van der Waals surface area (Å²) in [5.41, 5.74) is 9.92. The minimum atomic E-state index is -0.743. The smallest absolute Gasteiger partial charge is 0.241 e. The van der Waals surface area contributed by atoms with Crippen LogP contribution in [0.25, 0.3) is 10.2 Å². The van der Waals surface area contributed by atoms with E-state index < -0.39 is 6.04 Å². The molecule has 9 heteroatoms. The Bertz CT molecular complexity index is 1290. The van der Waals surface area contributed by atoms with Gasteiger partial charge in [-0.25, -0.2) is 4.98 Å². The molecule has 4 aromatic rings. The Morgan fingerprint density at radius 2 is 2.12 bits per heavy atom. The van der Waals surface area contributed by atoms with Crippen molar-refractivity contribution in [2.24, 2.45) is 5.73 Å². The van der Waals surface area contributed by atoms with Crippen molar-refractivity contribution in [2.75, 3.05) is 10.6 Å². The van der Waals surface area contributed by atoms with E-state index in [0.29, 0.717) is 29.4 Å². The number of nitriles is 1. The quantitative estimate of drug-likeness (QED) is 0.336. The number of hydrogen-bond acceptors (Lipinski definition) is 7. The van der Waals surface area contributed by atoms with Crippen LogP contribution in [0.5, 0.6) is 0 Å². The SMILES string of the molecule is Cc1c(C[C@@H](N)C(=O)Nc2ccc(C#N)cc2)sc2c(NCc3ccco3)cc(Cl)nc12. The normalized spacial score (nSPS) is 11.8. The lowest BCUT2D eigenvalue weighted by Crippen LogP contribution is -2.37. The second-order valence-corrected chi connectivity index (χ2v) is 8.73. The highest BCUT2D eigenvalue weighted by atomic mass is 35.5. The van der Waals surface area contributed by atoms with Crippen LogP contribution in [0.2, 0.25) is 5.15 Å². The Kier molecular flexibility index (Phi) is 6.42. The lowest BCUT2D eigenvalue weighted by atomic mass is 10.1. The number of rotatable bonds is 7. The first-order chi connectivity index (χ1) is 15.4. The third-order valence-corrected chi connectivity index (χ3v) is 6.53. The molecule has 3 heterocycles. The molecule has 0 aliphatic carbocycles. The summed E-state index contributed by atoms with van der Waals surface area (Å²) in [6.07, 6.45) is 1.99. The molecule has 7 nitrogen and oxygen atoms in total. The standard InChI is InChI=1S/C23H20ClN5O2S/c1-13-19(9-17(26)23(30)28-15-6-4-14(11-25)5-7-15)32-22-18(10-20(24)29-21(13)22)27-12-16-3-2-8-31-16/h2-8,10,17H,9,12,26H2,1H3,(H,27,29)(H,28,30)/t17-/m1/s1. The van der Waals surface area contributed by atoms with E-state index in [2.05, 4.69) is 15.6 Å².